The maximum absolute atomic E-state index is 12.7. The van der Waals surface area contributed by atoms with Crippen molar-refractivity contribution in [3.8, 4) is 11.1 Å². The lowest BCUT2D eigenvalue weighted by Crippen LogP contribution is -2.26. The highest BCUT2D eigenvalue weighted by Gasteiger charge is 2.25. The van der Waals surface area contributed by atoms with Gasteiger partial charge in [0.25, 0.3) is 0 Å². The molecule has 0 unspecified atom stereocenters. The summed E-state index contributed by atoms with van der Waals surface area (Å²) in [4.78, 5) is 19.6. The van der Waals surface area contributed by atoms with E-state index in [0.717, 1.165) is 41.8 Å². The van der Waals surface area contributed by atoms with Crippen molar-refractivity contribution < 1.29 is 14.3 Å². The van der Waals surface area contributed by atoms with Crippen molar-refractivity contribution in [2.45, 2.75) is 58.9 Å². The average molecular weight is 481 g/mol. The Balaban J connectivity index is 2.10. The summed E-state index contributed by atoms with van der Waals surface area (Å²) in [6.07, 6.45) is 5.74. The second-order valence-corrected chi connectivity index (χ2v) is 9.51. The Morgan fingerprint density at radius 1 is 1.20 bits per heavy atom. The number of esters is 1. The predicted octanol–water partition coefficient (Wildman–Crippen LogP) is 5.78. The predicted molar refractivity (Wildman–Crippen MR) is 143 cm³/mol. The van der Waals surface area contributed by atoms with Crippen molar-refractivity contribution >= 4 is 23.2 Å². The van der Waals surface area contributed by atoms with Gasteiger partial charge in [-0.1, -0.05) is 45.2 Å². The highest BCUT2D eigenvalue weighted by Crippen LogP contribution is 2.34. The van der Waals surface area contributed by atoms with Crippen LogP contribution in [0.2, 0.25) is 0 Å². The lowest BCUT2D eigenvalue weighted by Gasteiger charge is -2.26. The molecule has 1 fully saturated rings. The first-order valence-electron chi connectivity index (χ1n) is 12.7. The van der Waals surface area contributed by atoms with Gasteiger partial charge < -0.3 is 25.1 Å². The largest absolute Gasteiger partial charge is 0.461 e. The smallest absolute Gasteiger partial charge is 0.357 e. The molecule has 35 heavy (non-hydrogen) atoms. The Hall–Kier alpha value is -2.93. The van der Waals surface area contributed by atoms with Gasteiger partial charge in [-0.3, -0.25) is 0 Å². The third-order valence-corrected chi connectivity index (χ3v) is 6.55. The van der Waals surface area contributed by atoms with E-state index in [2.05, 4.69) is 22.3 Å². The van der Waals surface area contributed by atoms with E-state index in [1.54, 1.807) is 20.1 Å². The third kappa shape index (κ3) is 6.82. The zero-order valence-electron chi connectivity index (χ0n) is 21.8. The van der Waals surface area contributed by atoms with Gasteiger partial charge in [0.15, 0.2) is 5.69 Å². The molecular weight excluding hydrogens is 440 g/mol. The van der Waals surface area contributed by atoms with E-state index in [9.17, 15) is 4.79 Å². The number of nitrogens with one attached hydrogen (secondary N) is 2. The molecule has 1 aliphatic carbocycles. The molecule has 7 nitrogen and oxygen atoms in total. The molecule has 2 aromatic rings. The van der Waals surface area contributed by atoms with Gasteiger partial charge in [0.05, 0.1) is 13.2 Å². The summed E-state index contributed by atoms with van der Waals surface area (Å²) in [5.41, 5.74) is 4.37. The van der Waals surface area contributed by atoms with Gasteiger partial charge >= 0.3 is 5.97 Å². The molecule has 0 spiro atoms. The van der Waals surface area contributed by atoms with Crippen molar-refractivity contribution in [2.24, 2.45) is 5.92 Å². The maximum Gasteiger partial charge on any atom is 0.357 e. The number of benzene rings is 1. The lowest BCUT2D eigenvalue weighted by atomic mass is 9.90. The van der Waals surface area contributed by atoms with Crippen molar-refractivity contribution in [1.82, 2.24) is 4.98 Å². The molecule has 1 heterocycles. The second-order valence-electron chi connectivity index (χ2n) is 9.51. The van der Waals surface area contributed by atoms with Crippen LogP contribution in [0.5, 0.6) is 0 Å². The van der Waals surface area contributed by atoms with E-state index in [1.807, 2.05) is 33.0 Å². The number of rotatable bonds is 11. The maximum atomic E-state index is 12.7. The minimum atomic E-state index is -0.445. The number of ether oxygens (including phenoxy) is 2. The van der Waals surface area contributed by atoms with E-state index < -0.39 is 5.97 Å². The number of carbonyl (C=O) groups excluding carboxylic acids is 1. The zero-order chi connectivity index (χ0) is 25.4. The number of hydrogen-bond acceptors (Lipinski definition) is 7. The molecule has 0 saturated heterocycles. The molecule has 0 bridgehead atoms. The Kier molecular flexibility index (Phi) is 9.66. The monoisotopic (exact) mass is 480 g/mol. The minimum absolute atomic E-state index is 0.00958. The first-order chi connectivity index (χ1) is 16.8. The van der Waals surface area contributed by atoms with E-state index >= 15 is 0 Å². The molecule has 0 atom stereocenters. The van der Waals surface area contributed by atoms with E-state index in [-0.39, 0.29) is 24.3 Å². The molecule has 2 N–H and O–H groups in total. The molecular formula is C28H40N4O3. The number of nitrogens with zero attached hydrogens (tertiary/aromatic N) is 2. The molecule has 1 saturated carbocycles. The van der Waals surface area contributed by atoms with Crippen molar-refractivity contribution in [3.05, 3.63) is 41.6 Å². The Labute approximate surface area is 209 Å². The molecule has 7 heteroatoms. The first-order valence-corrected chi connectivity index (χ1v) is 12.7. The quantitative estimate of drug-likeness (QED) is 0.313. The van der Waals surface area contributed by atoms with E-state index in [1.165, 1.54) is 19.3 Å². The van der Waals surface area contributed by atoms with Crippen LogP contribution in [0.25, 0.3) is 11.1 Å². The average Bonchev–Trinajstić information content (AvgIpc) is 2.87. The van der Waals surface area contributed by atoms with Crippen molar-refractivity contribution in [1.29, 1.82) is 5.41 Å². The van der Waals surface area contributed by atoms with Gasteiger partial charge in [-0.15, -0.1) is 0 Å². The fourth-order valence-electron chi connectivity index (χ4n) is 4.44. The standard InChI is InChI=1S/C28H40N4O3/c1-6-35-28(33)24-18-23(20-12-14-22(15-13-20)32(4)16-17-34-5)25(26(29)19(2)3)27(31-24)30-21-10-8-7-9-11-21/h12-15,18-19,21,29H,6-11,16-17H2,1-5H3,(H,30,31). The minimum Gasteiger partial charge on any atom is -0.461 e. The molecule has 0 aliphatic heterocycles. The summed E-state index contributed by atoms with van der Waals surface area (Å²) >= 11 is 0. The Morgan fingerprint density at radius 3 is 2.49 bits per heavy atom. The highest BCUT2D eigenvalue weighted by atomic mass is 16.5. The van der Waals surface area contributed by atoms with Crippen LogP contribution < -0.4 is 10.2 Å². The molecule has 0 radical (unpaired) electrons. The molecule has 1 aromatic carbocycles. The van der Waals surface area contributed by atoms with Crippen LogP contribution in [0.3, 0.4) is 0 Å². The number of aromatic nitrogens is 1. The van der Waals surface area contributed by atoms with Gasteiger partial charge in [-0.25, -0.2) is 9.78 Å². The number of carbonyl (C=O) groups is 1. The Bertz CT molecular complexity index is 998. The van der Waals surface area contributed by atoms with Gasteiger partial charge in [0.2, 0.25) is 0 Å². The molecule has 0 amide bonds. The van der Waals surface area contributed by atoms with Crippen LogP contribution in [0.4, 0.5) is 11.5 Å². The fraction of sp³-hybridized carbons (Fsp3) is 0.536. The first kappa shape index (κ1) is 26.7. The number of likely N-dealkylation sites (N-methyl/N-ethyl adjacent to an activating group) is 1. The normalized spacial score (nSPS) is 14.1. The number of anilines is 2. The number of methoxy groups -OCH3 is 1. The van der Waals surface area contributed by atoms with Crippen LogP contribution >= 0.6 is 0 Å². The van der Waals surface area contributed by atoms with E-state index in [0.29, 0.717) is 18.1 Å². The van der Waals surface area contributed by atoms with Crippen molar-refractivity contribution in [2.75, 3.05) is 44.1 Å². The van der Waals surface area contributed by atoms with Gasteiger partial charge in [-0.05, 0) is 55.0 Å². The lowest BCUT2D eigenvalue weighted by molar-refractivity contribution is 0.0519. The third-order valence-electron chi connectivity index (χ3n) is 6.55. The summed E-state index contributed by atoms with van der Waals surface area (Å²) in [6, 6.07) is 10.3. The molecule has 1 aromatic heterocycles. The van der Waals surface area contributed by atoms with Gasteiger partial charge in [0, 0.05) is 43.7 Å². The van der Waals surface area contributed by atoms with E-state index in [4.69, 9.17) is 19.9 Å². The number of pyridine rings is 1. The summed E-state index contributed by atoms with van der Waals surface area (Å²) in [5, 5.41) is 12.6. The van der Waals surface area contributed by atoms with Crippen LogP contribution in [-0.2, 0) is 9.47 Å². The summed E-state index contributed by atoms with van der Waals surface area (Å²) in [7, 11) is 3.73. The number of hydrogen-bond donors (Lipinski definition) is 2. The van der Waals surface area contributed by atoms with Crippen LogP contribution in [-0.4, -0.2) is 56.6 Å². The SMILES string of the molecule is CCOC(=O)c1cc(-c2ccc(N(C)CCOC)cc2)c(C(=N)C(C)C)c(NC2CCCCC2)n1. The van der Waals surface area contributed by atoms with Crippen LogP contribution in [0, 0.1) is 11.3 Å². The Morgan fingerprint density at radius 2 is 1.89 bits per heavy atom. The highest BCUT2D eigenvalue weighted by molar-refractivity contribution is 6.10. The second kappa shape index (κ2) is 12.7. The van der Waals surface area contributed by atoms with Crippen LogP contribution in [0.1, 0.15) is 68.9 Å². The van der Waals surface area contributed by atoms with Gasteiger partial charge in [0.1, 0.15) is 5.82 Å². The summed E-state index contributed by atoms with van der Waals surface area (Å²) in [5.74, 6) is 0.173. The topological polar surface area (TPSA) is 87.5 Å². The molecule has 190 valence electrons. The fourth-order valence-corrected chi connectivity index (χ4v) is 4.44. The van der Waals surface area contributed by atoms with Gasteiger partial charge in [-0.2, -0.15) is 0 Å². The summed E-state index contributed by atoms with van der Waals surface area (Å²) < 4.78 is 10.5. The molecule has 1 aliphatic rings. The molecule has 3 rings (SSSR count). The summed E-state index contributed by atoms with van der Waals surface area (Å²) in [6.45, 7) is 7.55. The van der Waals surface area contributed by atoms with Crippen LogP contribution in [0.15, 0.2) is 30.3 Å². The van der Waals surface area contributed by atoms with Crippen molar-refractivity contribution in [3.63, 3.8) is 0 Å². The zero-order valence-corrected chi connectivity index (χ0v) is 21.8.